The van der Waals surface area contributed by atoms with Crippen molar-refractivity contribution in [1.82, 2.24) is 19.9 Å². The highest BCUT2D eigenvalue weighted by Crippen LogP contribution is 2.26. The fourth-order valence-electron chi connectivity index (χ4n) is 2.46. The lowest BCUT2D eigenvalue weighted by Gasteiger charge is -2.22. The number of aromatic carboxylic acids is 1. The molecule has 2 heterocycles. The molecule has 1 aromatic heterocycles. The number of hydrogen-bond acceptors (Lipinski definition) is 4. The van der Waals surface area contributed by atoms with E-state index in [-0.39, 0.29) is 5.69 Å². The number of carboxylic acid groups (broad SMARTS) is 1. The molecule has 0 atom stereocenters. The highest BCUT2D eigenvalue weighted by molar-refractivity contribution is 6.30. The fourth-order valence-corrected chi connectivity index (χ4v) is 2.59. The van der Waals surface area contributed by atoms with Crippen LogP contribution in [0.1, 0.15) is 22.6 Å². The largest absolute Gasteiger partial charge is 0.476 e. The van der Waals surface area contributed by atoms with Gasteiger partial charge in [-0.15, -0.1) is 5.10 Å². The number of hydrogen-bond donors (Lipinski definition) is 1. The van der Waals surface area contributed by atoms with E-state index in [0.29, 0.717) is 10.7 Å². The van der Waals surface area contributed by atoms with Gasteiger partial charge in [0.05, 0.1) is 5.69 Å². The number of carbonyl (C=O) groups is 1. The van der Waals surface area contributed by atoms with Crippen LogP contribution < -0.4 is 0 Å². The Morgan fingerprint density at radius 3 is 2.64 bits per heavy atom. The lowest BCUT2D eigenvalue weighted by molar-refractivity contribution is 0.0690. The van der Waals surface area contributed by atoms with E-state index < -0.39 is 5.97 Å². The summed E-state index contributed by atoms with van der Waals surface area (Å²) in [5, 5.41) is 17.8. The molecule has 6 nitrogen and oxygen atoms in total. The highest BCUT2D eigenvalue weighted by atomic mass is 35.5. The van der Waals surface area contributed by atoms with Crippen molar-refractivity contribution in [3.8, 4) is 5.69 Å². The molecule has 0 radical (unpaired) electrons. The van der Waals surface area contributed by atoms with Gasteiger partial charge >= 0.3 is 5.97 Å². The molecule has 7 heteroatoms. The molecule has 1 aromatic carbocycles. The Hall–Kier alpha value is -2.18. The first-order valence-electron chi connectivity index (χ1n) is 6.89. The van der Waals surface area contributed by atoms with E-state index in [1.54, 1.807) is 28.9 Å². The molecule has 22 heavy (non-hydrogen) atoms. The first-order chi connectivity index (χ1) is 10.6. The molecule has 114 valence electrons. The minimum Gasteiger partial charge on any atom is -0.476 e. The van der Waals surface area contributed by atoms with Crippen LogP contribution in [0.5, 0.6) is 0 Å². The molecule has 1 aliphatic heterocycles. The van der Waals surface area contributed by atoms with Gasteiger partial charge in [0, 0.05) is 18.1 Å². The molecule has 0 amide bonds. The van der Waals surface area contributed by atoms with Gasteiger partial charge in [-0.25, -0.2) is 9.48 Å². The predicted molar refractivity (Wildman–Crippen MR) is 83.4 cm³/mol. The Balaban J connectivity index is 2.11. The molecule has 0 saturated carbocycles. The number of aromatic nitrogens is 3. The third-order valence-corrected chi connectivity index (χ3v) is 3.91. The molecule has 0 spiro atoms. The quantitative estimate of drug-likeness (QED) is 0.940. The topological polar surface area (TPSA) is 71.2 Å². The van der Waals surface area contributed by atoms with Crippen molar-refractivity contribution in [3.63, 3.8) is 0 Å². The standard InChI is InChI=1S/C15H15ClN4O2/c1-19-8-6-10(7-9-19)14-13(15(21)22)17-18-20(14)12-4-2-11(16)3-5-12/h2-6H,7-9H2,1H3,(H,21,22). The van der Waals surface area contributed by atoms with Crippen LogP contribution in [0.15, 0.2) is 30.3 Å². The number of likely N-dealkylation sites (N-methyl/N-ethyl adjacent to an activating group) is 1. The maximum atomic E-state index is 11.5. The normalized spacial score (nSPS) is 15.6. The van der Waals surface area contributed by atoms with Gasteiger partial charge in [-0.05, 0) is 43.3 Å². The van der Waals surface area contributed by atoms with Gasteiger partial charge in [0.1, 0.15) is 5.69 Å². The van der Waals surface area contributed by atoms with Crippen LogP contribution >= 0.6 is 11.6 Å². The summed E-state index contributed by atoms with van der Waals surface area (Å²) in [6, 6.07) is 7.07. The summed E-state index contributed by atoms with van der Waals surface area (Å²) in [7, 11) is 2.03. The zero-order valence-electron chi connectivity index (χ0n) is 12.0. The average molecular weight is 319 g/mol. The van der Waals surface area contributed by atoms with Crippen LogP contribution in [0.25, 0.3) is 11.3 Å². The Morgan fingerprint density at radius 2 is 2.05 bits per heavy atom. The van der Waals surface area contributed by atoms with Gasteiger partial charge < -0.3 is 10.0 Å². The number of carboxylic acids is 1. The molecule has 0 aliphatic carbocycles. The summed E-state index contributed by atoms with van der Waals surface area (Å²) in [6.45, 7) is 1.65. The minimum atomic E-state index is -1.07. The van der Waals surface area contributed by atoms with Crippen LogP contribution in [0.4, 0.5) is 0 Å². The highest BCUT2D eigenvalue weighted by Gasteiger charge is 2.24. The molecule has 0 unspecified atom stereocenters. The first-order valence-corrected chi connectivity index (χ1v) is 7.27. The van der Waals surface area contributed by atoms with Crippen LogP contribution in [0.3, 0.4) is 0 Å². The first kappa shape index (κ1) is 14.7. The van der Waals surface area contributed by atoms with Gasteiger partial charge in [-0.2, -0.15) is 0 Å². The van der Waals surface area contributed by atoms with Crippen molar-refractivity contribution >= 4 is 23.1 Å². The van der Waals surface area contributed by atoms with Crippen molar-refractivity contribution in [2.24, 2.45) is 0 Å². The van der Waals surface area contributed by atoms with Crippen molar-refractivity contribution in [1.29, 1.82) is 0 Å². The second-order valence-electron chi connectivity index (χ2n) is 5.22. The molecule has 1 N–H and O–H groups in total. The lowest BCUT2D eigenvalue weighted by Crippen LogP contribution is -2.24. The van der Waals surface area contributed by atoms with Crippen molar-refractivity contribution in [2.45, 2.75) is 6.42 Å². The van der Waals surface area contributed by atoms with E-state index in [4.69, 9.17) is 11.6 Å². The van der Waals surface area contributed by atoms with E-state index in [1.165, 1.54) is 0 Å². The van der Waals surface area contributed by atoms with Gasteiger partial charge in [-0.1, -0.05) is 22.9 Å². The summed E-state index contributed by atoms with van der Waals surface area (Å²) >= 11 is 5.90. The van der Waals surface area contributed by atoms with E-state index >= 15 is 0 Å². The second kappa shape index (κ2) is 5.90. The van der Waals surface area contributed by atoms with Crippen LogP contribution in [0, 0.1) is 0 Å². The molecule has 0 bridgehead atoms. The van der Waals surface area contributed by atoms with E-state index in [0.717, 1.165) is 30.8 Å². The van der Waals surface area contributed by atoms with Crippen LogP contribution in [-0.2, 0) is 0 Å². The van der Waals surface area contributed by atoms with Crippen molar-refractivity contribution < 1.29 is 9.90 Å². The number of halogens is 1. The molecule has 1 aliphatic rings. The Morgan fingerprint density at radius 1 is 1.32 bits per heavy atom. The predicted octanol–water partition coefficient (Wildman–Crippen LogP) is 2.34. The fraction of sp³-hybridized carbons (Fsp3) is 0.267. The summed E-state index contributed by atoms with van der Waals surface area (Å²) in [5.74, 6) is -1.07. The van der Waals surface area contributed by atoms with E-state index in [9.17, 15) is 9.90 Å². The zero-order chi connectivity index (χ0) is 15.7. The maximum absolute atomic E-state index is 11.5. The van der Waals surface area contributed by atoms with Gasteiger partial charge in [-0.3, -0.25) is 0 Å². The summed E-state index contributed by atoms with van der Waals surface area (Å²) in [6.07, 6.45) is 2.79. The summed E-state index contributed by atoms with van der Waals surface area (Å²) in [4.78, 5) is 13.6. The smallest absolute Gasteiger partial charge is 0.358 e. The SMILES string of the molecule is CN1CC=C(c2c(C(=O)O)nnn2-c2ccc(Cl)cc2)CC1. The summed E-state index contributed by atoms with van der Waals surface area (Å²) in [5.41, 5.74) is 2.21. The van der Waals surface area contributed by atoms with Crippen LogP contribution in [0.2, 0.25) is 5.02 Å². The monoisotopic (exact) mass is 318 g/mol. The third-order valence-electron chi connectivity index (χ3n) is 3.66. The molecular formula is C15H15ClN4O2. The van der Waals surface area contributed by atoms with Gasteiger partial charge in [0.25, 0.3) is 0 Å². The number of nitrogens with zero attached hydrogens (tertiary/aromatic N) is 4. The molecule has 0 saturated heterocycles. The molecule has 3 rings (SSSR count). The molecule has 2 aromatic rings. The van der Waals surface area contributed by atoms with Crippen molar-refractivity contribution in [3.05, 3.63) is 46.8 Å². The minimum absolute atomic E-state index is 0.0225. The Bertz CT molecular complexity index is 737. The van der Waals surface area contributed by atoms with E-state index in [2.05, 4.69) is 15.2 Å². The molecule has 0 fully saturated rings. The van der Waals surface area contributed by atoms with Gasteiger partial charge in [0.2, 0.25) is 0 Å². The second-order valence-corrected chi connectivity index (χ2v) is 5.66. The molecular weight excluding hydrogens is 304 g/mol. The van der Waals surface area contributed by atoms with E-state index in [1.807, 2.05) is 13.1 Å². The average Bonchev–Trinajstić information content (AvgIpc) is 2.94. The Labute approximate surface area is 132 Å². The number of benzene rings is 1. The maximum Gasteiger partial charge on any atom is 0.358 e. The van der Waals surface area contributed by atoms with Crippen molar-refractivity contribution in [2.75, 3.05) is 20.1 Å². The van der Waals surface area contributed by atoms with Gasteiger partial charge in [0.15, 0.2) is 5.69 Å². The Kier molecular flexibility index (Phi) is 3.96. The number of rotatable bonds is 3. The summed E-state index contributed by atoms with van der Waals surface area (Å²) < 4.78 is 1.57. The zero-order valence-corrected chi connectivity index (χ0v) is 12.8. The van der Waals surface area contributed by atoms with Crippen LogP contribution in [-0.4, -0.2) is 51.1 Å². The lowest BCUT2D eigenvalue weighted by atomic mass is 10.0. The third kappa shape index (κ3) is 2.75.